The van der Waals surface area contributed by atoms with E-state index in [-0.39, 0.29) is 0 Å². The zero-order valence-electron chi connectivity index (χ0n) is 10.5. The number of nitrogens with two attached hydrogens (primary N) is 1. The monoisotopic (exact) mass is 263 g/mol. The van der Waals surface area contributed by atoms with Gasteiger partial charge in [0.05, 0.1) is 17.3 Å². The molecule has 3 aromatic rings. The van der Waals surface area contributed by atoms with Crippen LogP contribution in [0, 0.1) is 11.3 Å². The van der Waals surface area contributed by atoms with Crippen LogP contribution in [-0.4, -0.2) is 15.3 Å². The van der Waals surface area contributed by atoms with Crippen molar-refractivity contribution >= 4 is 5.69 Å². The standard InChI is InChI=1S/C14H10N6/c15-7-10-2-1-3-11(6-10)13-9-20(19-18-13)14-5-4-12(16)8-17-14/h1-6,8-9H,16H2/p+1. The topological polar surface area (TPSA) is 95.3 Å². The summed E-state index contributed by atoms with van der Waals surface area (Å²) in [5.74, 6) is 0.689. The summed E-state index contributed by atoms with van der Waals surface area (Å²) >= 11 is 0. The van der Waals surface area contributed by atoms with E-state index >= 15 is 0 Å². The molecule has 0 aliphatic carbocycles. The van der Waals surface area contributed by atoms with Gasteiger partial charge in [-0.2, -0.15) is 5.26 Å². The minimum absolute atomic E-state index is 0.600. The Morgan fingerprint density at radius 3 is 2.90 bits per heavy atom. The van der Waals surface area contributed by atoms with Gasteiger partial charge in [0.25, 0.3) is 5.82 Å². The highest BCUT2D eigenvalue weighted by molar-refractivity contribution is 5.59. The Hall–Kier alpha value is -3.20. The molecule has 6 nitrogen and oxygen atoms in total. The van der Waals surface area contributed by atoms with Gasteiger partial charge in [-0.15, -0.1) is 14.9 Å². The second-order valence-electron chi connectivity index (χ2n) is 4.24. The molecule has 0 unspecified atom stereocenters. The van der Waals surface area contributed by atoms with E-state index in [9.17, 15) is 0 Å². The first-order valence-electron chi connectivity index (χ1n) is 5.96. The van der Waals surface area contributed by atoms with Crippen molar-refractivity contribution in [2.75, 3.05) is 5.73 Å². The molecule has 0 radical (unpaired) electrons. The van der Waals surface area contributed by atoms with Crippen LogP contribution in [-0.2, 0) is 0 Å². The van der Waals surface area contributed by atoms with Crippen molar-refractivity contribution in [3.63, 3.8) is 0 Å². The molecule has 0 bridgehead atoms. The number of aromatic amines is 1. The predicted octanol–water partition coefficient (Wildman–Crippen LogP) is 1.20. The van der Waals surface area contributed by atoms with Crippen molar-refractivity contribution in [1.29, 1.82) is 5.26 Å². The first-order chi connectivity index (χ1) is 9.76. The number of aromatic nitrogens is 4. The predicted molar refractivity (Wildman–Crippen MR) is 72.5 cm³/mol. The van der Waals surface area contributed by atoms with Crippen LogP contribution >= 0.6 is 0 Å². The van der Waals surface area contributed by atoms with Crippen molar-refractivity contribution in [2.45, 2.75) is 0 Å². The van der Waals surface area contributed by atoms with Gasteiger partial charge in [-0.1, -0.05) is 12.1 Å². The Morgan fingerprint density at radius 1 is 1.25 bits per heavy atom. The first-order valence-corrected chi connectivity index (χ1v) is 5.96. The van der Waals surface area contributed by atoms with Crippen molar-refractivity contribution in [3.8, 4) is 23.1 Å². The van der Waals surface area contributed by atoms with Gasteiger partial charge in [0.2, 0.25) is 5.69 Å². The summed E-state index contributed by atoms with van der Waals surface area (Å²) in [5, 5.41) is 16.0. The number of pyridine rings is 1. The number of hydrogen-bond donors (Lipinski definition) is 2. The van der Waals surface area contributed by atoms with Crippen LogP contribution in [0.15, 0.2) is 48.8 Å². The Labute approximate surface area is 115 Å². The molecule has 2 aromatic heterocycles. The van der Waals surface area contributed by atoms with Crippen LogP contribution in [0.5, 0.6) is 0 Å². The summed E-state index contributed by atoms with van der Waals surface area (Å²) in [6.07, 6.45) is 3.40. The Bertz CT molecular complexity index is 782. The fraction of sp³-hybridized carbons (Fsp3) is 0. The summed E-state index contributed by atoms with van der Waals surface area (Å²) < 4.78 is 1.69. The molecule has 6 heteroatoms. The molecule has 0 saturated carbocycles. The number of rotatable bonds is 2. The largest absolute Gasteiger partial charge is 0.396 e. The summed E-state index contributed by atoms with van der Waals surface area (Å²) in [6.45, 7) is 0. The molecule has 0 atom stereocenters. The van der Waals surface area contributed by atoms with E-state index in [2.05, 4.69) is 21.4 Å². The second kappa shape index (κ2) is 4.82. The number of nitrogens with one attached hydrogen (secondary N) is 1. The van der Waals surface area contributed by atoms with E-state index in [1.807, 2.05) is 18.3 Å². The fourth-order valence-corrected chi connectivity index (χ4v) is 1.83. The third-order valence-electron chi connectivity index (χ3n) is 2.83. The van der Waals surface area contributed by atoms with Crippen molar-refractivity contribution in [3.05, 3.63) is 54.4 Å². The van der Waals surface area contributed by atoms with E-state index in [1.165, 1.54) is 0 Å². The molecular weight excluding hydrogens is 252 g/mol. The van der Waals surface area contributed by atoms with Gasteiger partial charge in [-0.3, -0.25) is 0 Å². The summed E-state index contributed by atoms with van der Waals surface area (Å²) in [4.78, 5) is 4.20. The lowest BCUT2D eigenvalue weighted by Crippen LogP contribution is -2.33. The molecule has 20 heavy (non-hydrogen) atoms. The van der Waals surface area contributed by atoms with Crippen LogP contribution < -0.4 is 10.4 Å². The number of anilines is 1. The number of hydrogen-bond acceptors (Lipinski definition) is 4. The molecule has 1 aromatic carbocycles. The number of nitrogen functional groups attached to an aromatic ring is 1. The lowest BCUT2D eigenvalue weighted by atomic mass is 10.1. The minimum atomic E-state index is 0.600. The quantitative estimate of drug-likeness (QED) is 0.679. The maximum Gasteiger partial charge on any atom is 0.284 e. The van der Waals surface area contributed by atoms with Gasteiger partial charge in [0.1, 0.15) is 12.4 Å². The van der Waals surface area contributed by atoms with E-state index in [0.717, 1.165) is 11.3 Å². The molecule has 0 spiro atoms. The van der Waals surface area contributed by atoms with Crippen molar-refractivity contribution in [1.82, 2.24) is 15.3 Å². The second-order valence-corrected chi connectivity index (χ2v) is 4.24. The third kappa shape index (κ3) is 2.20. The Balaban J connectivity index is 1.97. The summed E-state index contributed by atoms with van der Waals surface area (Å²) in [6, 6.07) is 12.9. The third-order valence-corrected chi connectivity index (χ3v) is 2.83. The van der Waals surface area contributed by atoms with Gasteiger partial charge in [-0.05, 0) is 23.3 Å². The van der Waals surface area contributed by atoms with Crippen LogP contribution in [0.2, 0.25) is 0 Å². The van der Waals surface area contributed by atoms with Crippen LogP contribution in [0.4, 0.5) is 5.69 Å². The maximum atomic E-state index is 8.91. The minimum Gasteiger partial charge on any atom is -0.396 e. The average Bonchev–Trinajstić information content (AvgIpc) is 2.98. The zero-order valence-corrected chi connectivity index (χ0v) is 10.5. The Kier molecular flexibility index (Phi) is 2.86. The lowest BCUT2D eigenvalue weighted by Gasteiger charge is -1.93. The maximum absolute atomic E-state index is 8.91. The van der Waals surface area contributed by atoms with Gasteiger partial charge in [0, 0.05) is 11.6 Å². The van der Waals surface area contributed by atoms with Crippen LogP contribution in [0.25, 0.3) is 17.1 Å². The molecule has 2 heterocycles. The van der Waals surface area contributed by atoms with E-state index in [1.54, 1.807) is 35.1 Å². The van der Waals surface area contributed by atoms with Gasteiger partial charge in [-0.25, -0.2) is 0 Å². The highest BCUT2D eigenvalue weighted by atomic mass is 15.4. The highest BCUT2D eigenvalue weighted by Gasteiger charge is 2.12. The van der Waals surface area contributed by atoms with E-state index in [4.69, 9.17) is 11.0 Å². The molecule has 0 fully saturated rings. The van der Waals surface area contributed by atoms with Crippen molar-refractivity contribution in [2.24, 2.45) is 0 Å². The summed E-state index contributed by atoms with van der Waals surface area (Å²) in [7, 11) is 0. The molecular formula is C14H11N6+. The number of nitrogens with zero attached hydrogens (tertiary/aromatic N) is 4. The smallest absolute Gasteiger partial charge is 0.284 e. The molecule has 0 saturated heterocycles. The first kappa shape index (κ1) is 11.9. The molecule has 3 rings (SSSR count). The van der Waals surface area contributed by atoms with Gasteiger partial charge in [0.15, 0.2) is 0 Å². The van der Waals surface area contributed by atoms with Gasteiger partial charge < -0.3 is 5.73 Å². The normalized spacial score (nSPS) is 10.2. The highest BCUT2D eigenvalue weighted by Crippen LogP contribution is 2.16. The SMILES string of the molecule is N#Cc1cccc(-c2c[n+](-c3ccc(N)cn3)[nH]n2)c1. The number of benzene rings is 1. The molecule has 0 aliphatic heterocycles. The fourth-order valence-electron chi connectivity index (χ4n) is 1.83. The molecule has 96 valence electrons. The molecule has 0 amide bonds. The molecule has 3 N–H and O–H groups in total. The van der Waals surface area contributed by atoms with Crippen molar-refractivity contribution < 1.29 is 4.68 Å². The van der Waals surface area contributed by atoms with E-state index in [0.29, 0.717) is 17.1 Å². The van der Waals surface area contributed by atoms with Gasteiger partial charge >= 0.3 is 0 Å². The lowest BCUT2D eigenvalue weighted by molar-refractivity contribution is -0.662. The van der Waals surface area contributed by atoms with Crippen LogP contribution in [0.3, 0.4) is 0 Å². The summed E-state index contributed by atoms with van der Waals surface area (Å²) in [5.41, 5.74) is 8.42. The average molecular weight is 263 g/mol. The zero-order chi connectivity index (χ0) is 13.9. The Morgan fingerprint density at radius 2 is 2.15 bits per heavy atom. The van der Waals surface area contributed by atoms with E-state index < -0.39 is 0 Å². The molecule has 0 aliphatic rings. The van der Waals surface area contributed by atoms with Crippen LogP contribution in [0.1, 0.15) is 5.56 Å². The number of nitriles is 1. The number of H-pyrrole nitrogens is 1.